The van der Waals surface area contributed by atoms with Crippen LogP contribution < -0.4 is 5.56 Å². The number of benzene rings is 1. The van der Waals surface area contributed by atoms with E-state index in [1.165, 1.54) is 35.4 Å². The van der Waals surface area contributed by atoms with Crippen molar-refractivity contribution >= 4 is 39.1 Å². The molecule has 0 radical (unpaired) electrons. The van der Waals surface area contributed by atoms with E-state index in [4.69, 9.17) is 16.0 Å². The quantitative estimate of drug-likeness (QED) is 0.480. The van der Waals surface area contributed by atoms with Crippen LogP contribution in [0, 0.1) is 0 Å². The molecule has 3 aromatic heterocycles. The number of thiophene rings is 1. The molecule has 8 heteroatoms. The molecule has 1 aromatic carbocycles. The highest BCUT2D eigenvalue weighted by atomic mass is 35.5. The number of hydrogen-bond acceptors (Lipinski definition) is 6. The largest absolute Gasteiger partial charge is 0.463 e. The van der Waals surface area contributed by atoms with Gasteiger partial charge in [0.15, 0.2) is 0 Å². The molecular formula is C19H13ClN2O4S. The van der Waals surface area contributed by atoms with Crippen molar-refractivity contribution < 1.29 is 13.9 Å². The fourth-order valence-electron chi connectivity index (χ4n) is 2.76. The molecule has 0 aliphatic heterocycles. The molecule has 0 spiro atoms. The lowest BCUT2D eigenvalue weighted by molar-refractivity contribution is 0.0563. The van der Waals surface area contributed by atoms with Crippen LogP contribution in [-0.4, -0.2) is 22.6 Å². The van der Waals surface area contributed by atoms with Gasteiger partial charge in [-0.2, -0.15) is 0 Å². The van der Waals surface area contributed by atoms with E-state index in [0.29, 0.717) is 21.0 Å². The maximum atomic E-state index is 13.0. The zero-order valence-corrected chi connectivity index (χ0v) is 15.7. The lowest BCUT2D eigenvalue weighted by Gasteiger charge is -2.05. The van der Waals surface area contributed by atoms with Crippen LogP contribution in [0.2, 0.25) is 5.02 Å². The highest BCUT2D eigenvalue weighted by Crippen LogP contribution is 2.31. The van der Waals surface area contributed by atoms with Crippen LogP contribution in [0.5, 0.6) is 0 Å². The minimum absolute atomic E-state index is 0.0898. The molecule has 0 saturated carbocycles. The lowest BCUT2D eigenvalue weighted by atomic mass is 10.1. The molecule has 0 aliphatic carbocycles. The third-order valence-corrected chi connectivity index (χ3v) is 5.23. The zero-order valence-electron chi connectivity index (χ0n) is 14.1. The molecule has 136 valence electrons. The number of nitrogens with zero attached hydrogens (tertiary/aromatic N) is 2. The van der Waals surface area contributed by atoms with Crippen molar-refractivity contribution in [1.82, 2.24) is 9.55 Å². The molecule has 0 saturated heterocycles. The van der Waals surface area contributed by atoms with Gasteiger partial charge in [-0.1, -0.05) is 23.7 Å². The van der Waals surface area contributed by atoms with Gasteiger partial charge >= 0.3 is 5.97 Å². The highest BCUT2D eigenvalue weighted by molar-refractivity contribution is 7.17. The molecule has 0 unspecified atom stereocenters. The Kier molecular flexibility index (Phi) is 4.55. The van der Waals surface area contributed by atoms with Crippen molar-refractivity contribution in [1.29, 1.82) is 0 Å². The van der Waals surface area contributed by atoms with E-state index < -0.39 is 5.97 Å². The minimum atomic E-state index is -0.565. The summed E-state index contributed by atoms with van der Waals surface area (Å²) in [6.45, 7) is 0.161. The summed E-state index contributed by atoms with van der Waals surface area (Å²) in [6.07, 6.45) is 1.48. The predicted molar refractivity (Wildman–Crippen MR) is 103 cm³/mol. The van der Waals surface area contributed by atoms with Gasteiger partial charge in [0, 0.05) is 16.0 Å². The summed E-state index contributed by atoms with van der Waals surface area (Å²) >= 11 is 7.36. The standard InChI is InChI=1S/C19H13ClN2O4S/c1-25-19(24)15-7-6-13(26-15)8-22-10-21-17-16(18(22)23)14(9-27-17)11-2-4-12(20)5-3-11/h2-7,9-10H,8H2,1H3. The van der Waals surface area contributed by atoms with Gasteiger partial charge in [0.25, 0.3) is 5.56 Å². The summed E-state index contributed by atoms with van der Waals surface area (Å²) in [5, 5.41) is 3.09. The number of hydrogen-bond donors (Lipinski definition) is 0. The van der Waals surface area contributed by atoms with E-state index in [0.717, 1.165) is 11.1 Å². The average molecular weight is 401 g/mol. The van der Waals surface area contributed by atoms with E-state index in [2.05, 4.69) is 9.72 Å². The SMILES string of the molecule is COC(=O)c1ccc(Cn2cnc3scc(-c4ccc(Cl)cc4)c3c2=O)o1. The molecular weight excluding hydrogens is 388 g/mol. The van der Waals surface area contributed by atoms with Crippen LogP contribution in [0.1, 0.15) is 16.3 Å². The molecule has 4 aromatic rings. The Morgan fingerprint density at radius 1 is 1.26 bits per heavy atom. The Labute approximate surface area is 162 Å². The minimum Gasteiger partial charge on any atom is -0.463 e. The van der Waals surface area contributed by atoms with Gasteiger partial charge in [0.05, 0.1) is 25.4 Å². The van der Waals surface area contributed by atoms with E-state index in [-0.39, 0.29) is 17.9 Å². The normalized spacial score (nSPS) is 11.0. The first-order chi connectivity index (χ1) is 13.1. The van der Waals surface area contributed by atoms with Crippen LogP contribution in [0.4, 0.5) is 0 Å². The number of methoxy groups -OCH3 is 1. The smallest absolute Gasteiger partial charge is 0.373 e. The number of aromatic nitrogens is 2. The van der Waals surface area contributed by atoms with Crippen molar-refractivity contribution in [2.75, 3.05) is 7.11 Å². The van der Waals surface area contributed by atoms with Crippen molar-refractivity contribution in [2.45, 2.75) is 6.54 Å². The third kappa shape index (κ3) is 3.27. The summed E-state index contributed by atoms with van der Waals surface area (Å²) in [6, 6.07) is 10.5. The second-order valence-electron chi connectivity index (χ2n) is 5.77. The van der Waals surface area contributed by atoms with Crippen LogP contribution in [-0.2, 0) is 11.3 Å². The molecule has 0 amide bonds. The van der Waals surface area contributed by atoms with E-state index in [1.54, 1.807) is 18.2 Å². The van der Waals surface area contributed by atoms with Crippen molar-refractivity contribution in [3.05, 3.63) is 75.0 Å². The van der Waals surface area contributed by atoms with Gasteiger partial charge in [-0.05, 0) is 29.8 Å². The van der Waals surface area contributed by atoms with E-state index in [1.807, 2.05) is 17.5 Å². The molecule has 0 fully saturated rings. The Hall–Kier alpha value is -2.90. The number of carbonyl (C=O) groups is 1. The second kappa shape index (κ2) is 7.02. The average Bonchev–Trinajstić information content (AvgIpc) is 3.31. The first-order valence-corrected chi connectivity index (χ1v) is 9.22. The van der Waals surface area contributed by atoms with Gasteiger partial charge in [-0.25, -0.2) is 9.78 Å². The summed E-state index contributed by atoms with van der Waals surface area (Å²) < 4.78 is 11.5. The Balaban J connectivity index is 1.74. The van der Waals surface area contributed by atoms with Crippen LogP contribution in [0.3, 0.4) is 0 Å². The van der Waals surface area contributed by atoms with Crippen molar-refractivity contribution in [3.8, 4) is 11.1 Å². The van der Waals surface area contributed by atoms with Crippen molar-refractivity contribution in [2.24, 2.45) is 0 Å². The third-order valence-electron chi connectivity index (χ3n) is 4.09. The first kappa shape index (κ1) is 17.5. The summed E-state index contributed by atoms with van der Waals surface area (Å²) in [5.74, 6) is -0.0149. The molecule has 4 rings (SSSR count). The van der Waals surface area contributed by atoms with Gasteiger partial charge in [0.2, 0.25) is 5.76 Å². The Morgan fingerprint density at radius 3 is 2.78 bits per heavy atom. The van der Waals surface area contributed by atoms with Gasteiger partial charge < -0.3 is 9.15 Å². The number of esters is 1. The predicted octanol–water partition coefficient (Wildman–Crippen LogP) is 4.21. The van der Waals surface area contributed by atoms with Crippen LogP contribution in [0.25, 0.3) is 21.3 Å². The number of rotatable bonds is 4. The van der Waals surface area contributed by atoms with E-state index >= 15 is 0 Å². The Bertz CT molecular complexity index is 1190. The fraction of sp³-hybridized carbons (Fsp3) is 0.105. The lowest BCUT2D eigenvalue weighted by Crippen LogP contribution is -2.20. The molecule has 27 heavy (non-hydrogen) atoms. The molecule has 0 N–H and O–H groups in total. The summed E-state index contributed by atoms with van der Waals surface area (Å²) in [4.78, 5) is 29.6. The monoisotopic (exact) mass is 400 g/mol. The summed E-state index contributed by atoms with van der Waals surface area (Å²) in [7, 11) is 1.28. The zero-order chi connectivity index (χ0) is 19.0. The van der Waals surface area contributed by atoms with Gasteiger partial charge in [-0.15, -0.1) is 11.3 Å². The van der Waals surface area contributed by atoms with E-state index in [9.17, 15) is 9.59 Å². The molecule has 3 heterocycles. The number of halogens is 1. The van der Waals surface area contributed by atoms with Gasteiger partial charge in [0.1, 0.15) is 10.6 Å². The van der Waals surface area contributed by atoms with Crippen molar-refractivity contribution in [3.63, 3.8) is 0 Å². The second-order valence-corrected chi connectivity index (χ2v) is 7.07. The number of fused-ring (bicyclic) bond motifs is 1. The fourth-order valence-corrected chi connectivity index (χ4v) is 3.80. The Morgan fingerprint density at radius 2 is 2.04 bits per heavy atom. The highest BCUT2D eigenvalue weighted by Gasteiger charge is 2.15. The molecule has 0 atom stereocenters. The molecule has 0 bridgehead atoms. The van der Waals surface area contributed by atoms with Crippen LogP contribution in [0.15, 0.2) is 57.3 Å². The number of furan rings is 1. The van der Waals surface area contributed by atoms with Gasteiger partial charge in [-0.3, -0.25) is 9.36 Å². The molecule has 0 aliphatic rings. The topological polar surface area (TPSA) is 74.3 Å². The maximum Gasteiger partial charge on any atom is 0.373 e. The first-order valence-electron chi connectivity index (χ1n) is 7.96. The summed E-state index contributed by atoms with van der Waals surface area (Å²) in [5.41, 5.74) is 1.53. The number of ether oxygens (including phenoxy) is 1. The molecule has 6 nitrogen and oxygen atoms in total. The number of carbonyl (C=O) groups excluding carboxylic acids is 1. The maximum absolute atomic E-state index is 13.0. The van der Waals surface area contributed by atoms with Crippen LogP contribution >= 0.6 is 22.9 Å².